The first kappa shape index (κ1) is 21.5. The lowest BCUT2D eigenvalue weighted by Gasteiger charge is -2.16. The Morgan fingerprint density at radius 3 is 2.10 bits per heavy atom. The van der Waals surface area contributed by atoms with Crippen LogP contribution in [0.4, 0.5) is 10.5 Å². The summed E-state index contributed by atoms with van der Waals surface area (Å²) in [6.45, 7) is -0.154. The van der Waals surface area contributed by atoms with Crippen LogP contribution < -0.4 is 0 Å². The molecule has 0 saturated heterocycles. The van der Waals surface area contributed by atoms with Gasteiger partial charge in [0.05, 0.1) is 9.82 Å². The summed E-state index contributed by atoms with van der Waals surface area (Å²) in [5.74, 6) is 2.62. The van der Waals surface area contributed by atoms with Gasteiger partial charge in [-0.15, -0.1) is 4.31 Å². The monoisotopic (exact) mass is 436 g/mol. The van der Waals surface area contributed by atoms with E-state index >= 15 is 0 Å². The van der Waals surface area contributed by atoms with Gasteiger partial charge in [-0.05, 0) is 35.7 Å². The molecule has 0 N–H and O–H groups in total. The Hall–Kier alpha value is -4.16. The third kappa shape index (κ3) is 5.46. The number of hydrogen-bond acceptors (Lipinski definition) is 6. The number of benzene rings is 3. The molecular formula is C22H16N2O6S. The van der Waals surface area contributed by atoms with Crippen molar-refractivity contribution in [3.05, 3.63) is 106 Å². The fourth-order valence-corrected chi connectivity index (χ4v) is 3.57. The summed E-state index contributed by atoms with van der Waals surface area (Å²) in [5.41, 5.74) is 0.870. The van der Waals surface area contributed by atoms with Crippen LogP contribution in [0.2, 0.25) is 0 Å². The fraction of sp³-hybridized carbons (Fsp3) is 0.0455. The summed E-state index contributed by atoms with van der Waals surface area (Å²) < 4.78 is 31.5. The number of ether oxygens (including phenoxy) is 1. The third-order valence-corrected chi connectivity index (χ3v) is 5.62. The Bertz CT molecular complexity index is 1230. The van der Waals surface area contributed by atoms with Crippen LogP contribution in [0.3, 0.4) is 0 Å². The first-order chi connectivity index (χ1) is 14.9. The van der Waals surface area contributed by atoms with Gasteiger partial charge in [0.15, 0.2) is 0 Å². The summed E-state index contributed by atoms with van der Waals surface area (Å²) in [7, 11) is -4.45. The number of rotatable bonds is 5. The van der Waals surface area contributed by atoms with E-state index in [0.717, 1.165) is 24.3 Å². The van der Waals surface area contributed by atoms with Gasteiger partial charge in [0.25, 0.3) is 15.7 Å². The van der Waals surface area contributed by atoms with Gasteiger partial charge in [0.2, 0.25) is 0 Å². The van der Waals surface area contributed by atoms with Crippen LogP contribution in [0.1, 0.15) is 11.1 Å². The van der Waals surface area contributed by atoms with Crippen molar-refractivity contribution in [3.63, 3.8) is 0 Å². The number of carbonyl (C=O) groups excluding carboxylic acids is 1. The molecule has 0 spiro atoms. The molecule has 0 aromatic heterocycles. The van der Waals surface area contributed by atoms with Crippen molar-refractivity contribution in [3.8, 4) is 12.0 Å². The molecule has 8 nitrogen and oxygen atoms in total. The zero-order valence-corrected chi connectivity index (χ0v) is 16.9. The summed E-state index contributed by atoms with van der Waals surface area (Å²) >= 11 is 0. The van der Waals surface area contributed by atoms with E-state index in [1.165, 1.54) is 0 Å². The maximum Gasteiger partial charge on any atom is 0.436 e. The molecule has 3 aromatic carbocycles. The molecule has 0 aliphatic rings. The van der Waals surface area contributed by atoms with Crippen molar-refractivity contribution >= 4 is 21.8 Å². The van der Waals surface area contributed by atoms with Crippen LogP contribution in [-0.2, 0) is 21.4 Å². The van der Waals surface area contributed by atoms with E-state index in [1.807, 2.05) is 0 Å². The smallest absolute Gasteiger partial charge is 0.436 e. The van der Waals surface area contributed by atoms with Gasteiger partial charge in [-0.2, -0.15) is 8.42 Å². The van der Waals surface area contributed by atoms with E-state index in [2.05, 4.69) is 12.0 Å². The maximum absolute atomic E-state index is 13.0. The summed E-state index contributed by atoms with van der Waals surface area (Å²) in [6.07, 6.45) is -1.19. The topological polar surface area (TPSA) is 107 Å². The van der Waals surface area contributed by atoms with Crippen LogP contribution in [0.15, 0.2) is 89.8 Å². The summed E-state index contributed by atoms with van der Waals surface area (Å²) in [6, 6.07) is 23.7. The van der Waals surface area contributed by atoms with Crippen molar-refractivity contribution in [2.75, 3.05) is 0 Å². The Morgan fingerprint density at radius 2 is 1.52 bits per heavy atom. The van der Waals surface area contributed by atoms with E-state index in [0.29, 0.717) is 15.4 Å². The van der Waals surface area contributed by atoms with E-state index in [4.69, 9.17) is 4.74 Å². The molecule has 0 bridgehead atoms. The summed E-state index contributed by atoms with van der Waals surface area (Å²) in [4.78, 5) is 22.5. The highest BCUT2D eigenvalue weighted by Crippen LogP contribution is 2.20. The van der Waals surface area contributed by atoms with E-state index in [-0.39, 0.29) is 17.2 Å². The lowest BCUT2D eigenvalue weighted by molar-refractivity contribution is -0.384. The quantitative estimate of drug-likeness (QED) is 0.260. The molecular weight excluding hydrogens is 420 g/mol. The number of amides is 1. The number of nitro benzene ring substituents is 1. The minimum absolute atomic E-state index is 0.154. The van der Waals surface area contributed by atoms with Crippen molar-refractivity contribution in [2.24, 2.45) is 0 Å². The zero-order valence-electron chi connectivity index (χ0n) is 16.0. The summed E-state index contributed by atoms with van der Waals surface area (Å²) in [5, 5.41) is 10.8. The molecule has 31 heavy (non-hydrogen) atoms. The Morgan fingerprint density at radius 1 is 0.935 bits per heavy atom. The van der Waals surface area contributed by atoms with Crippen molar-refractivity contribution < 1.29 is 22.9 Å². The molecule has 0 saturated carbocycles. The molecule has 0 atom stereocenters. The molecule has 156 valence electrons. The standard InChI is InChI=1S/C22H16N2O6S/c25-22(30-17-19-9-5-2-6-10-19)23(16-15-18-7-3-1-4-8-18)31(28,29)21-13-11-20(12-14-21)24(26)27/h1-14H,17H2. The highest BCUT2D eigenvalue weighted by molar-refractivity contribution is 7.89. The third-order valence-electron chi connectivity index (χ3n) is 4.03. The lowest BCUT2D eigenvalue weighted by atomic mass is 10.2. The van der Waals surface area contributed by atoms with Gasteiger partial charge >= 0.3 is 6.09 Å². The average molecular weight is 436 g/mol. The number of nitro groups is 1. The van der Waals surface area contributed by atoms with Crippen molar-refractivity contribution in [2.45, 2.75) is 11.5 Å². The molecule has 0 radical (unpaired) electrons. The first-order valence-corrected chi connectivity index (χ1v) is 10.4. The fourth-order valence-electron chi connectivity index (χ4n) is 2.46. The predicted octanol–water partition coefficient (Wildman–Crippen LogP) is 3.93. The average Bonchev–Trinajstić information content (AvgIpc) is 2.79. The van der Waals surface area contributed by atoms with E-state index in [1.54, 1.807) is 60.7 Å². The van der Waals surface area contributed by atoms with Crippen LogP contribution in [0.5, 0.6) is 0 Å². The second kappa shape index (κ2) is 9.56. The highest BCUT2D eigenvalue weighted by Gasteiger charge is 2.30. The van der Waals surface area contributed by atoms with Gasteiger partial charge in [0.1, 0.15) is 6.61 Å². The number of hydrogen-bond donors (Lipinski definition) is 0. The second-order valence-corrected chi connectivity index (χ2v) is 7.95. The minimum atomic E-state index is -4.45. The Balaban J connectivity index is 1.93. The second-order valence-electron chi connectivity index (χ2n) is 6.16. The molecule has 0 fully saturated rings. The number of carbonyl (C=O) groups is 1. The molecule has 0 unspecified atom stereocenters. The SMILES string of the molecule is O=C(OCc1ccccc1)N(C#Cc1ccccc1)S(=O)(=O)c1ccc([N+](=O)[O-])cc1. The van der Waals surface area contributed by atoms with Gasteiger partial charge in [-0.25, -0.2) is 4.79 Å². The predicted molar refractivity (Wildman–Crippen MR) is 112 cm³/mol. The van der Waals surface area contributed by atoms with Crippen LogP contribution >= 0.6 is 0 Å². The zero-order chi connectivity index (χ0) is 22.3. The molecule has 0 heterocycles. The van der Waals surface area contributed by atoms with Gasteiger partial charge in [-0.1, -0.05) is 48.5 Å². The number of nitrogens with zero attached hydrogens (tertiary/aromatic N) is 2. The van der Waals surface area contributed by atoms with E-state index < -0.39 is 21.0 Å². The number of sulfonamides is 1. The van der Waals surface area contributed by atoms with Crippen LogP contribution in [0.25, 0.3) is 0 Å². The van der Waals surface area contributed by atoms with Gasteiger partial charge in [-0.3, -0.25) is 10.1 Å². The van der Waals surface area contributed by atoms with Gasteiger partial charge < -0.3 is 4.74 Å². The molecule has 1 amide bonds. The Kier molecular flexibility index (Phi) is 6.64. The van der Waals surface area contributed by atoms with Crippen LogP contribution in [0, 0.1) is 22.1 Å². The molecule has 3 rings (SSSR count). The van der Waals surface area contributed by atoms with Crippen molar-refractivity contribution in [1.82, 2.24) is 4.31 Å². The van der Waals surface area contributed by atoms with Gasteiger partial charge in [0, 0.05) is 23.7 Å². The molecule has 3 aromatic rings. The lowest BCUT2D eigenvalue weighted by Crippen LogP contribution is -2.33. The van der Waals surface area contributed by atoms with E-state index in [9.17, 15) is 23.3 Å². The minimum Gasteiger partial charge on any atom is -0.443 e. The largest absolute Gasteiger partial charge is 0.443 e. The highest BCUT2D eigenvalue weighted by atomic mass is 32.2. The molecule has 9 heteroatoms. The Labute approximate surface area is 178 Å². The van der Waals surface area contributed by atoms with Crippen LogP contribution in [-0.4, -0.2) is 23.7 Å². The van der Waals surface area contributed by atoms with Crippen molar-refractivity contribution in [1.29, 1.82) is 0 Å². The molecule has 0 aliphatic heterocycles. The first-order valence-electron chi connectivity index (χ1n) is 8.95. The normalized spacial score (nSPS) is 10.5. The number of non-ortho nitro benzene ring substituents is 1. The molecule has 0 aliphatic carbocycles. The maximum atomic E-state index is 13.0.